The highest BCUT2D eigenvalue weighted by Crippen LogP contribution is 2.14. The van der Waals surface area contributed by atoms with Crippen LogP contribution in [-0.2, 0) is 6.54 Å². The molecule has 5 nitrogen and oxygen atoms in total. The molecule has 1 fully saturated rings. The molecule has 108 valence electrons. The molecule has 0 aliphatic carbocycles. The van der Waals surface area contributed by atoms with Gasteiger partial charge in [-0.05, 0) is 32.9 Å². The maximum Gasteiger partial charge on any atom is 0.234 e. The number of aryl methyl sites for hydroxylation is 2. The minimum absolute atomic E-state index is 0.663. The van der Waals surface area contributed by atoms with Crippen LogP contribution in [0.2, 0.25) is 0 Å². The quantitative estimate of drug-likeness (QED) is 0.897. The second kappa shape index (κ2) is 5.50. The predicted molar refractivity (Wildman–Crippen MR) is 79.8 cm³/mol. The van der Waals surface area contributed by atoms with Gasteiger partial charge in [0, 0.05) is 43.3 Å². The van der Waals surface area contributed by atoms with Gasteiger partial charge in [-0.1, -0.05) is 6.92 Å². The maximum absolute atomic E-state index is 4.69. The molecule has 0 unspecified atom stereocenters. The minimum Gasteiger partial charge on any atom is -0.314 e. The van der Waals surface area contributed by atoms with Crippen molar-refractivity contribution in [3.8, 4) is 0 Å². The van der Waals surface area contributed by atoms with Crippen LogP contribution in [-0.4, -0.2) is 44.9 Å². The van der Waals surface area contributed by atoms with Crippen molar-refractivity contribution in [3.05, 3.63) is 29.3 Å². The maximum atomic E-state index is 4.69. The largest absolute Gasteiger partial charge is 0.314 e. The Morgan fingerprint density at radius 2 is 2.15 bits per heavy atom. The van der Waals surface area contributed by atoms with Gasteiger partial charge in [-0.15, -0.1) is 0 Å². The summed E-state index contributed by atoms with van der Waals surface area (Å²) in [6, 6.07) is 2.76. The van der Waals surface area contributed by atoms with E-state index in [1.807, 2.05) is 6.92 Å². The van der Waals surface area contributed by atoms with Crippen LogP contribution in [0.15, 0.2) is 12.3 Å². The van der Waals surface area contributed by atoms with Crippen LogP contribution in [0.5, 0.6) is 0 Å². The zero-order valence-corrected chi connectivity index (χ0v) is 12.6. The summed E-state index contributed by atoms with van der Waals surface area (Å²) in [7, 11) is 0. The fraction of sp³-hybridized carbons (Fsp3) is 0.600. The molecule has 0 atom stereocenters. The van der Waals surface area contributed by atoms with Crippen LogP contribution in [0.1, 0.15) is 30.4 Å². The summed E-state index contributed by atoms with van der Waals surface area (Å²) in [6.07, 6.45) is 3.31. The van der Waals surface area contributed by atoms with Crippen molar-refractivity contribution in [2.45, 2.75) is 39.8 Å². The number of fused-ring (bicyclic) bond motifs is 1. The van der Waals surface area contributed by atoms with Crippen LogP contribution in [0, 0.1) is 13.8 Å². The summed E-state index contributed by atoms with van der Waals surface area (Å²) < 4.78 is 2.09. The number of rotatable bonds is 5. The highest BCUT2D eigenvalue weighted by Gasteiger charge is 2.24. The zero-order chi connectivity index (χ0) is 14.1. The molecule has 1 N–H and O–H groups in total. The molecule has 1 aliphatic heterocycles. The molecule has 1 aliphatic rings. The molecule has 3 rings (SSSR count). The molecule has 1 saturated heterocycles. The van der Waals surface area contributed by atoms with Crippen molar-refractivity contribution in [1.29, 1.82) is 0 Å². The lowest BCUT2D eigenvalue weighted by atomic mass is 10.1. The summed E-state index contributed by atoms with van der Waals surface area (Å²) in [5, 5.41) is 3.35. The lowest BCUT2D eigenvalue weighted by Crippen LogP contribution is -2.57. The van der Waals surface area contributed by atoms with E-state index in [-0.39, 0.29) is 0 Å². The Balaban J connectivity index is 1.84. The second-order valence-corrected chi connectivity index (χ2v) is 5.72. The molecule has 0 spiro atoms. The van der Waals surface area contributed by atoms with Gasteiger partial charge in [0.05, 0.1) is 5.69 Å². The van der Waals surface area contributed by atoms with Gasteiger partial charge in [-0.2, -0.15) is 0 Å². The third-order valence-electron chi connectivity index (χ3n) is 3.96. The number of hydrogen-bond acceptors (Lipinski definition) is 4. The first-order valence-corrected chi connectivity index (χ1v) is 7.44. The number of nitrogens with zero attached hydrogens (tertiary/aromatic N) is 4. The summed E-state index contributed by atoms with van der Waals surface area (Å²) in [4.78, 5) is 11.7. The topological polar surface area (TPSA) is 45.5 Å². The van der Waals surface area contributed by atoms with Gasteiger partial charge in [-0.25, -0.2) is 9.97 Å². The van der Waals surface area contributed by atoms with Crippen molar-refractivity contribution in [3.63, 3.8) is 0 Å². The Kier molecular flexibility index (Phi) is 3.72. The molecule has 2 aromatic rings. The van der Waals surface area contributed by atoms with Crippen molar-refractivity contribution < 1.29 is 0 Å². The van der Waals surface area contributed by atoms with E-state index < -0.39 is 0 Å². The van der Waals surface area contributed by atoms with Gasteiger partial charge in [0.15, 0.2) is 0 Å². The van der Waals surface area contributed by atoms with Crippen LogP contribution >= 0.6 is 0 Å². The highest BCUT2D eigenvalue weighted by molar-refractivity contribution is 5.34. The minimum atomic E-state index is 0.663. The molecular weight excluding hydrogens is 250 g/mol. The van der Waals surface area contributed by atoms with E-state index in [4.69, 9.17) is 0 Å². The third-order valence-corrected chi connectivity index (χ3v) is 3.96. The van der Waals surface area contributed by atoms with E-state index in [1.165, 1.54) is 12.1 Å². The Labute approximate surface area is 120 Å². The van der Waals surface area contributed by atoms with Crippen LogP contribution < -0.4 is 5.32 Å². The zero-order valence-electron chi connectivity index (χ0n) is 12.6. The lowest BCUT2D eigenvalue weighted by molar-refractivity contribution is 0.136. The first kappa shape index (κ1) is 13.5. The van der Waals surface area contributed by atoms with Gasteiger partial charge in [0.25, 0.3) is 0 Å². The fourth-order valence-electron chi connectivity index (χ4n) is 2.81. The van der Waals surface area contributed by atoms with E-state index in [9.17, 15) is 0 Å². The molecule has 3 heterocycles. The van der Waals surface area contributed by atoms with E-state index in [0.717, 1.165) is 43.3 Å². The van der Waals surface area contributed by atoms with Gasteiger partial charge >= 0.3 is 0 Å². The second-order valence-electron chi connectivity index (χ2n) is 5.72. The monoisotopic (exact) mass is 273 g/mol. The summed E-state index contributed by atoms with van der Waals surface area (Å²) in [5.41, 5.74) is 3.34. The van der Waals surface area contributed by atoms with E-state index >= 15 is 0 Å². The molecule has 0 saturated carbocycles. The highest BCUT2D eigenvalue weighted by atomic mass is 15.2. The first-order valence-electron chi connectivity index (χ1n) is 7.44. The van der Waals surface area contributed by atoms with Gasteiger partial charge in [-0.3, -0.25) is 9.30 Å². The Bertz CT molecular complexity index is 600. The molecule has 5 heteroatoms. The SMILES string of the molecule is CCCN(Cc1cn2c(C)cc(C)nc2n1)C1CNC1. The summed E-state index contributed by atoms with van der Waals surface area (Å²) in [6.45, 7) is 10.6. The molecule has 0 radical (unpaired) electrons. The average Bonchev–Trinajstić information content (AvgIpc) is 2.69. The van der Waals surface area contributed by atoms with Crippen LogP contribution in [0.4, 0.5) is 0 Å². The number of nitrogens with one attached hydrogen (secondary N) is 1. The fourth-order valence-corrected chi connectivity index (χ4v) is 2.81. The normalized spacial score (nSPS) is 16.0. The first-order chi connectivity index (χ1) is 9.67. The smallest absolute Gasteiger partial charge is 0.234 e. The molecule has 0 bridgehead atoms. The number of imidazole rings is 1. The summed E-state index contributed by atoms with van der Waals surface area (Å²) >= 11 is 0. The molecular formula is C15H23N5. The average molecular weight is 273 g/mol. The van der Waals surface area contributed by atoms with E-state index in [1.54, 1.807) is 0 Å². The van der Waals surface area contributed by atoms with E-state index in [0.29, 0.717) is 6.04 Å². The third kappa shape index (κ3) is 2.55. The summed E-state index contributed by atoms with van der Waals surface area (Å²) in [5.74, 6) is 0.820. The molecule has 0 aromatic carbocycles. The predicted octanol–water partition coefficient (Wildman–Crippen LogP) is 1.53. The number of aromatic nitrogens is 3. The van der Waals surface area contributed by atoms with Crippen molar-refractivity contribution >= 4 is 5.78 Å². The molecule has 2 aromatic heterocycles. The van der Waals surface area contributed by atoms with Crippen molar-refractivity contribution in [1.82, 2.24) is 24.6 Å². The van der Waals surface area contributed by atoms with Crippen molar-refractivity contribution in [2.75, 3.05) is 19.6 Å². The Hall–Kier alpha value is -1.46. The van der Waals surface area contributed by atoms with Crippen LogP contribution in [0.3, 0.4) is 0 Å². The standard InChI is InChI=1S/C15H23N5/c1-4-5-19(14-7-16-8-14)9-13-10-20-12(3)6-11(2)17-15(20)18-13/h6,10,14,16H,4-5,7-9H2,1-3H3. The van der Waals surface area contributed by atoms with Crippen molar-refractivity contribution in [2.24, 2.45) is 0 Å². The number of hydrogen-bond donors (Lipinski definition) is 1. The van der Waals surface area contributed by atoms with Gasteiger partial charge < -0.3 is 5.32 Å². The Morgan fingerprint density at radius 1 is 1.35 bits per heavy atom. The van der Waals surface area contributed by atoms with Gasteiger partial charge in [0.2, 0.25) is 5.78 Å². The van der Waals surface area contributed by atoms with Gasteiger partial charge in [0.1, 0.15) is 0 Å². The molecule has 20 heavy (non-hydrogen) atoms. The molecule has 0 amide bonds. The Morgan fingerprint density at radius 3 is 2.80 bits per heavy atom. The lowest BCUT2D eigenvalue weighted by Gasteiger charge is -2.37. The van der Waals surface area contributed by atoms with Crippen LogP contribution in [0.25, 0.3) is 5.78 Å². The van der Waals surface area contributed by atoms with E-state index in [2.05, 4.69) is 50.7 Å².